The molecule has 0 bridgehead atoms. The summed E-state index contributed by atoms with van der Waals surface area (Å²) in [6.45, 7) is 4.29. The molecule has 1 aliphatic carbocycles. The molecule has 2 aliphatic rings. The van der Waals surface area contributed by atoms with Crippen molar-refractivity contribution in [3.05, 3.63) is 11.3 Å². The second-order valence-corrected chi connectivity index (χ2v) is 3.74. The van der Waals surface area contributed by atoms with Gasteiger partial charge in [-0.3, -0.25) is 0 Å². The quantitative estimate of drug-likeness (QED) is 0.583. The van der Waals surface area contributed by atoms with Gasteiger partial charge in [-0.2, -0.15) is 0 Å². The molecule has 66 valence electrons. The molecule has 2 heteroatoms. The van der Waals surface area contributed by atoms with Gasteiger partial charge in [-0.1, -0.05) is 0 Å². The zero-order chi connectivity index (χ0) is 8.55. The van der Waals surface area contributed by atoms with E-state index >= 15 is 0 Å². The number of allylic oxidation sites excluding steroid dienone is 1. The molecular formula is C10H16N2. The van der Waals surface area contributed by atoms with Crippen LogP contribution >= 0.6 is 0 Å². The molecule has 1 unspecified atom stereocenters. The highest BCUT2D eigenvalue weighted by molar-refractivity contribution is 5.82. The van der Waals surface area contributed by atoms with Crippen molar-refractivity contribution in [1.29, 1.82) is 0 Å². The van der Waals surface area contributed by atoms with Crippen molar-refractivity contribution < 1.29 is 0 Å². The molecule has 0 aromatic carbocycles. The summed E-state index contributed by atoms with van der Waals surface area (Å²) in [5.41, 5.74) is 2.91. The van der Waals surface area contributed by atoms with Crippen LogP contribution in [-0.4, -0.2) is 11.9 Å². The van der Waals surface area contributed by atoms with Crippen LogP contribution in [0.25, 0.3) is 0 Å². The molecule has 0 amide bonds. The molecule has 12 heavy (non-hydrogen) atoms. The third kappa shape index (κ3) is 1.26. The van der Waals surface area contributed by atoms with E-state index in [0.29, 0.717) is 6.04 Å². The largest absolute Gasteiger partial charge is 0.367 e. The van der Waals surface area contributed by atoms with Gasteiger partial charge in [0.05, 0.1) is 5.84 Å². The Bertz CT molecular complexity index is 251. The zero-order valence-corrected chi connectivity index (χ0v) is 7.85. The van der Waals surface area contributed by atoms with Gasteiger partial charge in [-0.25, -0.2) is 4.99 Å². The first-order valence-electron chi connectivity index (χ1n) is 4.81. The molecule has 0 radical (unpaired) electrons. The Kier molecular flexibility index (Phi) is 1.91. The summed E-state index contributed by atoms with van der Waals surface area (Å²) in [5.74, 6) is 1.09. The minimum absolute atomic E-state index is 0.526. The van der Waals surface area contributed by atoms with E-state index in [4.69, 9.17) is 0 Å². The van der Waals surface area contributed by atoms with E-state index in [-0.39, 0.29) is 0 Å². The topological polar surface area (TPSA) is 24.4 Å². The Labute approximate surface area is 73.8 Å². The van der Waals surface area contributed by atoms with Gasteiger partial charge in [-0.15, -0.1) is 0 Å². The monoisotopic (exact) mass is 164 g/mol. The maximum atomic E-state index is 4.54. The Morgan fingerprint density at radius 2 is 2.08 bits per heavy atom. The molecule has 0 fully saturated rings. The number of hydrogen-bond acceptors (Lipinski definition) is 2. The van der Waals surface area contributed by atoms with Gasteiger partial charge < -0.3 is 5.32 Å². The predicted octanol–water partition coefficient (Wildman–Crippen LogP) is 2.22. The van der Waals surface area contributed by atoms with Crippen LogP contribution in [0.3, 0.4) is 0 Å². The van der Waals surface area contributed by atoms with E-state index in [1.165, 1.54) is 31.4 Å². The van der Waals surface area contributed by atoms with Crippen molar-refractivity contribution in [2.45, 2.75) is 45.6 Å². The Balaban J connectivity index is 2.31. The van der Waals surface area contributed by atoms with Gasteiger partial charge in [0.15, 0.2) is 0 Å². The lowest BCUT2D eigenvalue weighted by atomic mass is 9.91. The number of nitrogens with zero attached hydrogens (tertiary/aromatic N) is 1. The first kappa shape index (κ1) is 7.84. The van der Waals surface area contributed by atoms with Gasteiger partial charge >= 0.3 is 0 Å². The minimum Gasteiger partial charge on any atom is -0.367 e. The third-order valence-corrected chi connectivity index (χ3v) is 2.73. The lowest BCUT2D eigenvalue weighted by Gasteiger charge is -2.28. The number of amidine groups is 1. The molecule has 1 heterocycles. The van der Waals surface area contributed by atoms with Crippen molar-refractivity contribution in [1.82, 2.24) is 5.32 Å². The van der Waals surface area contributed by atoms with E-state index in [1.807, 2.05) is 0 Å². The maximum Gasteiger partial charge on any atom is 0.0991 e. The highest BCUT2D eigenvalue weighted by Crippen LogP contribution is 2.29. The Hall–Kier alpha value is -0.790. The summed E-state index contributed by atoms with van der Waals surface area (Å²) in [4.78, 5) is 4.54. The van der Waals surface area contributed by atoms with Gasteiger partial charge in [0, 0.05) is 11.7 Å². The van der Waals surface area contributed by atoms with Gasteiger partial charge in [0.1, 0.15) is 0 Å². The molecule has 1 N–H and O–H groups in total. The van der Waals surface area contributed by atoms with Crippen molar-refractivity contribution >= 4 is 5.84 Å². The average molecular weight is 164 g/mol. The van der Waals surface area contributed by atoms with Crippen LogP contribution in [0.2, 0.25) is 0 Å². The Morgan fingerprint density at radius 1 is 1.33 bits per heavy atom. The summed E-state index contributed by atoms with van der Waals surface area (Å²) in [6, 6.07) is 0.526. The summed E-state index contributed by atoms with van der Waals surface area (Å²) in [7, 11) is 0. The lowest BCUT2D eigenvalue weighted by molar-refractivity contribution is 0.587. The minimum atomic E-state index is 0.526. The van der Waals surface area contributed by atoms with Crippen molar-refractivity contribution in [3.63, 3.8) is 0 Å². The maximum absolute atomic E-state index is 4.54. The van der Waals surface area contributed by atoms with Gasteiger partial charge in [0.2, 0.25) is 0 Å². The molecule has 0 aromatic rings. The predicted molar refractivity (Wildman–Crippen MR) is 51.2 cm³/mol. The SMILES string of the molecule is CC1=NC2=C(CCCC2)C(C)N1. The Morgan fingerprint density at radius 3 is 2.92 bits per heavy atom. The second kappa shape index (κ2) is 2.92. The van der Waals surface area contributed by atoms with Gasteiger partial charge in [-0.05, 0) is 45.1 Å². The number of aliphatic imine (C=N–C) groups is 1. The van der Waals surface area contributed by atoms with Crippen molar-refractivity contribution in [3.8, 4) is 0 Å². The van der Waals surface area contributed by atoms with E-state index in [9.17, 15) is 0 Å². The van der Waals surface area contributed by atoms with Crippen LogP contribution in [0.1, 0.15) is 39.5 Å². The third-order valence-electron chi connectivity index (χ3n) is 2.73. The first-order chi connectivity index (χ1) is 5.77. The molecule has 0 aromatic heterocycles. The average Bonchev–Trinajstić information content (AvgIpc) is 2.04. The first-order valence-corrected chi connectivity index (χ1v) is 4.81. The summed E-state index contributed by atoms with van der Waals surface area (Å²) in [6.07, 6.45) is 5.11. The standard InChI is InChI=1S/C10H16N2/c1-7-9-5-3-4-6-10(9)12-8(2)11-7/h7H,3-6H2,1-2H3,(H,11,12). The number of nitrogens with one attached hydrogen (secondary N) is 1. The zero-order valence-electron chi connectivity index (χ0n) is 7.85. The van der Waals surface area contributed by atoms with Crippen molar-refractivity contribution in [2.75, 3.05) is 0 Å². The molecule has 1 atom stereocenters. The van der Waals surface area contributed by atoms with Crippen molar-refractivity contribution in [2.24, 2.45) is 4.99 Å². The summed E-state index contributed by atoms with van der Waals surface area (Å²) >= 11 is 0. The molecule has 0 spiro atoms. The van der Waals surface area contributed by atoms with Crippen LogP contribution in [0.5, 0.6) is 0 Å². The fourth-order valence-corrected chi connectivity index (χ4v) is 2.14. The van der Waals surface area contributed by atoms with Crippen LogP contribution in [0, 0.1) is 0 Å². The fraction of sp³-hybridized carbons (Fsp3) is 0.700. The van der Waals surface area contributed by atoms with Crippen LogP contribution in [0.15, 0.2) is 16.3 Å². The fourth-order valence-electron chi connectivity index (χ4n) is 2.14. The molecular weight excluding hydrogens is 148 g/mol. The molecule has 0 saturated heterocycles. The van der Waals surface area contributed by atoms with Gasteiger partial charge in [0.25, 0.3) is 0 Å². The van der Waals surface area contributed by atoms with E-state index in [2.05, 4.69) is 24.2 Å². The second-order valence-electron chi connectivity index (χ2n) is 3.74. The smallest absolute Gasteiger partial charge is 0.0991 e. The number of rotatable bonds is 0. The van der Waals surface area contributed by atoms with Crippen LogP contribution in [0.4, 0.5) is 0 Å². The molecule has 0 saturated carbocycles. The van der Waals surface area contributed by atoms with Crippen LogP contribution < -0.4 is 5.32 Å². The summed E-state index contributed by atoms with van der Waals surface area (Å²) in [5, 5.41) is 3.37. The summed E-state index contributed by atoms with van der Waals surface area (Å²) < 4.78 is 0. The highest BCUT2D eigenvalue weighted by atomic mass is 15.0. The lowest BCUT2D eigenvalue weighted by Crippen LogP contribution is -2.36. The van der Waals surface area contributed by atoms with E-state index in [0.717, 1.165) is 5.84 Å². The number of hydrogen-bond donors (Lipinski definition) is 1. The highest BCUT2D eigenvalue weighted by Gasteiger charge is 2.21. The van der Waals surface area contributed by atoms with E-state index < -0.39 is 0 Å². The van der Waals surface area contributed by atoms with E-state index in [1.54, 1.807) is 5.57 Å². The molecule has 2 nitrogen and oxygen atoms in total. The molecule has 1 aliphatic heterocycles. The molecule has 2 rings (SSSR count). The van der Waals surface area contributed by atoms with Crippen LogP contribution in [-0.2, 0) is 0 Å². The normalized spacial score (nSPS) is 29.2.